The van der Waals surface area contributed by atoms with Gasteiger partial charge < -0.3 is 20.4 Å². The van der Waals surface area contributed by atoms with E-state index in [1.54, 1.807) is 12.3 Å². The summed E-state index contributed by atoms with van der Waals surface area (Å²) >= 11 is 0. The van der Waals surface area contributed by atoms with Crippen molar-refractivity contribution in [3.63, 3.8) is 0 Å². The first-order chi connectivity index (χ1) is 11.5. The van der Waals surface area contributed by atoms with Crippen molar-refractivity contribution in [2.24, 2.45) is 0 Å². The van der Waals surface area contributed by atoms with Gasteiger partial charge in [-0.25, -0.2) is 4.98 Å². The average Bonchev–Trinajstić information content (AvgIpc) is 2.55. The highest BCUT2D eigenvalue weighted by molar-refractivity contribution is 6.03. The number of nitrogens with one attached hydrogen (secondary N) is 2. The number of benzene rings is 1. The van der Waals surface area contributed by atoms with Crippen LogP contribution in [0, 0.1) is 0 Å². The number of anilines is 3. The van der Waals surface area contributed by atoms with Gasteiger partial charge in [-0.15, -0.1) is 0 Å². The van der Waals surface area contributed by atoms with Crippen molar-refractivity contribution in [3.05, 3.63) is 48.3 Å². The fourth-order valence-corrected chi connectivity index (χ4v) is 2.09. The average molecular weight is 327 g/mol. The number of nitrogens with zero attached hydrogens (tertiary/aromatic N) is 3. The number of amides is 1. The van der Waals surface area contributed by atoms with Gasteiger partial charge in [-0.05, 0) is 50.5 Å². The molecule has 2 rings (SSSR count). The molecular weight excluding hydrogens is 302 g/mol. The number of hydrogen-bond donors (Lipinski definition) is 2. The van der Waals surface area contributed by atoms with Gasteiger partial charge in [0.2, 0.25) is 0 Å². The molecule has 128 valence electrons. The lowest BCUT2D eigenvalue weighted by atomic mass is 10.2. The Morgan fingerprint density at radius 2 is 1.67 bits per heavy atom. The Hall–Kier alpha value is -2.60. The van der Waals surface area contributed by atoms with Crippen LogP contribution in [0.5, 0.6) is 0 Å². The van der Waals surface area contributed by atoms with Crippen molar-refractivity contribution in [3.8, 4) is 0 Å². The quantitative estimate of drug-likeness (QED) is 0.817. The van der Waals surface area contributed by atoms with E-state index in [9.17, 15) is 4.79 Å². The van der Waals surface area contributed by atoms with Crippen molar-refractivity contribution in [1.82, 2.24) is 9.88 Å². The summed E-state index contributed by atoms with van der Waals surface area (Å²) in [7, 11) is 8.01. The van der Waals surface area contributed by atoms with E-state index in [0.29, 0.717) is 5.69 Å². The Kier molecular flexibility index (Phi) is 6.14. The fourth-order valence-electron chi connectivity index (χ4n) is 2.09. The van der Waals surface area contributed by atoms with E-state index in [2.05, 4.69) is 20.5 Å². The number of likely N-dealkylation sites (N-methyl/N-ethyl adjacent to an activating group) is 1. The zero-order valence-corrected chi connectivity index (χ0v) is 14.7. The molecule has 0 saturated carbocycles. The summed E-state index contributed by atoms with van der Waals surface area (Å²) in [5.74, 6) is -0.215. The van der Waals surface area contributed by atoms with Crippen LogP contribution < -0.4 is 15.5 Å². The zero-order chi connectivity index (χ0) is 17.5. The smallest absolute Gasteiger partial charge is 0.274 e. The summed E-state index contributed by atoms with van der Waals surface area (Å²) in [5, 5.41) is 6.12. The molecule has 0 bridgehead atoms. The Balaban J connectivity index is 1.92. The maximum atomic E-state index is 12.2. The number of carbonyl (C=O) groups excluding carboxylic acids is 1. The van der Waals surface area contributed by atoms with Crippen LogP contribution in [0.1, 0.15) is 10.5 Å². The Morgan fingerprint density at radius 1 is 1.00 bits per heavy atom. The summed E-state index contributed by atoms with van der Waals surface area (Å²) in [6.07, 6.45) is 1.68. The number of rotatable bonds is 7. The predicted molar refractivity (Wildman–Crippen MR) is 100 cm³/mol. The first kappa shape index (κ1) is 17.7. The topological polar surface area (TPSA) is 60.5 Å². The third-order valence-electron chi connectivity index (χ3n) is 3.53. The summed E-state index contributed by atoms with van der Waals surface area (Å²) in [4.78, 5) is 20.6. The SMILES string of the molecule is CN(C)CCNc1ccc(C(=O)Nc2ccc(N(C)C)cc2)nc1. The summed E-state index contributed by atoms with van der Waals surface area (Å²) < 4.78 is 0. The Morgan fingerprint density at radius 3 is 2.21 bits per heavy atom. The molecule has 6 heteroatoms. The molecular formula is C18H25N5O. The van der Waals surface area contributed by atoms with E-state index in [1.807, 2.05) is 63.4 Å². The van der Waals surface area contributed by atoms with Gasteiger partial charge in [0.15, 0.2) is 0 Å². The highest BCUT2D eigenvalue weighted by Gasteiger charge is 2.08. The van der Waals surface area contributed by atoms with E-state index in [-0.39, 0.29) is 5.91 Å². The molecule has 24 heavy (non-hydrogen) atoms. The minimum Gasteiger partial charge on any atom is -0.383 e. The molecule has 0 fully saturated rings. The zero-order valence-electron chi connectivity index (χ0n) is 14.7. The molecule has 1 amide bonds. The van der Waals surface area contributed by atoms with Crippen molar-refractivity contribution < 1.29 is 4.79 Å². The van der Waals surface area contributed by atoms with Crippen LogP contribution in [-0.2, 0) is 0 Å². The number of hydrogen-bond acceptors (Lipinski definition) is 5. The van der Waals surface area contributed by atoms with Crippen LogP contribution in [0.15, 0.2) is 42.6 Å². The second-order valence-corrected chi connectivity index (χ2v) is 6.06. The van der Waals surface area contributed by atoms with Gasteiger partial charge in [0.1, 0.15) is 5.69 Å². The minimum atomic E-state index is -0.215. The van der Waals surface area contributed by atoms with E-state index >= 15 is 0 Å². The summed E-state index contributed by atoms with van der Waals surface area (Å²) in [5.41, 5.74) is 3.13. The molecule has 2 aromatic rings. The third-order valence-corrected chi connectivity index (χ3v) is 3.53. The summed E-state index contributed by atoms with van der Waals surface area (Å²) in [6, 6.07) is 11.3. The van der Waals surface area contributed by atoms with Gasteiger partial charge in [-0.2, -0.15) is 0 Å². The lowest BCUT2D eigenvalue weighted by Gasteiger charge is -2.13. The largest absolute Gasteiger partial charge is 0.383 e. The Bertz CT molecular complexity index is 650. The molecule has 0 unspecified atom stereocenters. The first-order valence-electron chi connectivity index (χ1n) is 7.89. The van der Waals surface area contributed by atoms with Gasteiger partial charge in [-0.1, -0.05) is 0 Å². The number of carbonyl (C=O) groups is 1. The lowest BCUT2D eigenvalue weighted by Crippen LogP contribution is -2.21. The molecule has 1 heterocycles. The summed E-state index contributed by atoms with van der Waals surface area (Å²) in [6.45, 7) is 1.77. The van der Waals surface area contributed by atoms with Crippen molar-refractivity contribution in [2.45, 2.75) is 0 Å². The molecule has 1 aromatic carbocycles. The first-order valence-corrected chi connectivity index (χ1v) is 7.89. The van der Waals surface area contributed by atoms with Gasteiger partial charge in [0, 0.05) is 38.6 Å². The molecule has 0 aliphatic heterocycles. The van der Waals surface area contributed by atoms with Gasteiger partial charge in [0.25, 0.3) is 5.91 Å². The predicted octanol–water partition coefficient (Wildman–Crippen LogP) is 2.37. The molecule has 0 aliphatic carbocycles. The van der Waals surface area contributed by atoms with Crippen LogP contribution in [0.2, 0.25) is 0 Å². The van der Waals surface area contributed by atoms with Gasteiger partial charge in [0.05, 0.1) is 11.9 Å². The molecule has 0 spiro atoms. The van der Waals surface area contributed by atoms with Crippen LogP contribution in [0.4, 0.5) is 17.1 Å². The fraction of sp³-hybridized carbons (Fsp3) is 0.333. The lowest BCUT2D eigenvalue weighted by molar-refractivity contribution is 0.102. The van der Waals surface area contributed by atoms with E-state index in [1.165, 1.54) is 0 Å². The molecule has 6 nitrogen and oxygen atoms in total. The van der Waals surface area contributed by atoms with E-state index in [0.717, 1.165) is 30.2 Å². The van der Waals surface area contributed by atoms with E-state index < -0.39 is 0 Å². The number of aromatic nitrogens is 1. The second-order valence-electron chi connectivity index (χ2n) is 6.06. The van der Waals surface area contributed by atoms with Crippen LogP contribution >= 0.6 is 0 Å². The van der Waals surface area contributed by atoms with Crippen LogP contribution in [-0.4, -0.2) is 57.1 Å². The monoisotopic (exact) mass is 327 g/mol. The highest BCUT2D eigenvalue weighted by Crippen LogP contribution is 2.16. The van der Waals surface area contributed by atoms with Crippen molar-refractivity contribution in [2.75, 3.05) is 56.8 Å². The van der Waals surface area contributed by atoms with Gasteiger partial charge in [-0.3, -0.25) is 4.79 Å². The molecule has 0 aliphatic rings. The third kappa shape index (κ3) is 5.24. The standard InChI is InChI=1S/C18H25N5O/c1-22(2)12-11-19-15-7-10-17(20-13-15)18(24)21-14-5-8-16(9-6-14)23(3)4/h5-10,13,19H,11-12H2,1-4H3,(H,21,24). The van der Waals surface area contributed by atoms with Gasteiger partial charge >= 0.3 is 0 Å². The maximum absolute atomic E-state index is 12.2. The molecule has 2 N–H and O–H groups in total. The molecule has 0 radical (unpaired) electrons. The molecule has 0 saturated heterocycles. The van der Waals surface area contributed by atoms with Crippen LogP contribution in [0.3, 0.4) is 0 Å². The molecule has 0 atom stereocenters. The highest BCUT2D eigenvalue weighted by atomic mass is 16.1. The number of pyridine rings is 1. The van der Waals surface area contributed by atoms with Crippen molar-refractivity contribution >= 4 is 23.0 Å². The Labute approximate surface area is 143 Å². The van der Waals surface area contributed by atoms with E-state index in [4.69, 9.17) is 0 Å². The normalized spacial score (nSPS) is 10.5. The second kappa shape index (κ2) is 8.31. The molecule has 1 aromatic heterocycles. The van der Waals surface area contributed by atoms with Crippen LogP contribution in [0.25, 0.3) is 0 Å². The minimum absolute atomic E-state index is 0.215. The van der Waals surface area contributed by atoms with Crippen molar-refractivity contribution in [1.29, 1.82) is 0 Å². The maximum Gasteiger partial charge on any atom is 0.274 e.